The van der Waals surface area contributed by atoms with Gasteiger partial charge in [0, 0.05) is 29.2 Å². The standard InChI is InChI=1S/C14H19N3O/c1-2-3-4-9-17-10-8-11-12(14(15)16-18)6-5-7-13(11)17/h5-8,10,18H,2-4,9H2,1H3,(H2,15,16). The molecule has 18 heavy (non-hydrogen) atoms. The molecule has 0 amide bonds. The van der Waals surface area contributed by atoms with Gasteiger partial charge in [0.2, 0.25) is 0 Å². The fraction of sp³-hybridized carbons (Fsp3) is 0.357. The van der Waals surface area contributed by atoms with Crippen LogP contribution in [0.1, 0.15) is 31.7 Å². The van der Waals surface area contributed by atoms with E-state index in [9.17, 15) is 0 Å². The van der Waals surface area contributed by atoms with Crippen LogP contribution in [0.4, 0.5) is 0 Å². The Kier molecular flexibility index (Phi) is 3.87. The lowest BCUT2D eigenvalue weighted by Gasteiger charge is -2.06. The van der Waals surface area contributed by atoms with E-state index < -0.39 is 0 Å². The smallest absolute Gasteiger partial charge is 0.170 e. The molecule has 0 aliphatic rings. The molecular weight excluding hydrogens is 226 g/mol. The van der Waals surface area contributed by atoms with Crippen LogP contribution in [-0.4, -0.2) is 15.6 Å². The first-order valence-corrected chi connectivity index (χ1v) is 6.33. The van der Waals surface area contributed by atoms with Gasteiger partial charge in [-0.05, 0) is 18.6 Å². The summed E-state index contributed by atoms with van der Waals surface area (Å²) < 4.78 is 2.22. The predicted octanol–water partition coefficient (Wildman–Crippen LogP) is 2.93. The molecule has 3 N–H and O–H groups in total. The van der Waals surface area contributed by atoms with Crippen LogP contribution in [0.5, 0.6) is 0 Å². The van der Waals surface area contributed by atoms with E-state index in [1.54, 1.807) is 0 Å². The van der Waals surface area contributed by atoms with Gasteiger partial charge in [-0.3, -0.25) is 0 Å². The van der Waals surface area contributed by atoms with Crippen molar-refractivity contribution in [1.29, 1.82) is 0 Å². The summed E-state index contributed by atoms with van der Waals surface area (Å²) in [6.07, 6.45) is 5.69. The quantitative estimate of drug-likeness (QED) is 0.280. The number of aryl methyl sites for hydroxylation is 1. The Balaban J connectivity index is 2.36. The van der Waals surface area contributed by atoms with Gasteiger partial charge < -0.3 is 15.5 Å². The third-order valence-corrected chi connectivity index (χ3v) is 3.20. The Bertz CT molecular complexity index is 557. The Morgan fingerprint density at radius 2 is 2.17 bits per heavy atom. The first-order chi connectivity index (χ1) is 8.77. The van der Waals surface area contributed by atoms with E-state index in [4.69, 9.17) is 10.9 Å². The molecule has 96 valence electrons. The summed E-state index contributed by atoms with van der Waals surface area (Å²) in [7, 11) is 0. The normalized spacial score (nSPS) is 12.2. The Morgan fingerprint density at radius 3 is 2.89 bits per heavy atom. The average molecular weight is 245 g/mol. The molecule has 0 unspecified atom stereocenters. The Hall–Kier alpha value is -1.97. The second-order valence-electron chi connectivity index (χ2n) is 4.44. The SMILES string of the molecule is CCCCCn1ccc2c(/C(N)=N/O)cccc21. The van der Waals surface area contributed by atoms with Crippen LogP contribution >= 0.6 is 0 Å². The summed E-state index contributed by atoms with van der Waals surface area (Å²) in [5, 5.41) is 12.9. The molecule has 2 aromatic rings. The summed E-state index contributed by atoms with van der Waals surface area (Å²) >= 11 is 0. The van der Waals surface area contributed by atoms with E-state index in [1.807, 2.05) is 18.2 Å². The van der Waals surface area contributed by atoms with E-state index in [-0.39, 0.29) is 5.84 Å². The molecule has 0 atom stereocenters. The minimum absolute atomic E-state index is 0.159. The van der Waals surface area contributed by atoms with Crippen molar-refractivity contribution < 1.29 is 5.21 Å². The Labute approximate surface area is 107 Å². The van der Waals surface area contributed by atoms with Crippen LogP contribution in [0.15, 0.2) is 35.6 Å². The van der Waals surface area contributed by atoms with E-state index in [1.165, 1.54) is 19.3 Å². The number of nitrogens with zero attached hydrogens (tertiary/aromatic N) is 2. The van der Waals surface area contributed by atoms with Crippen molar-refractivity contribution in [3.8, 4) is 0 Å². The molecule has 0 aliphatic heterocycles. The zero-order chi connectivity index (χ0) is 13.0. The number of hydrogen-bond acceptors (Lipinski definition) is 2. The number of rotatable bonds is 5. The number of benzene rings is 1. The number of fused-ring (bicyclic) bond motifs is 1. The van der Waals surface area contributed by atoms with Crippen LogP contribution in [0.2, 0.25) is 0 Å². The lowest BCUT2D eigenvalue weighted by atomic mass is 10.1. The van der Waals surface area contributed by atoms with E-state index in [0.29, 0.717) is 0 Å². The van der Waals surface area contributed by atoms with Crippen molar-refractivity contribution in [1.82, 2.24) is 4.57 Å². The summed E-state index contributed by atoms with van der Waals surface area (Å²) in [5.41, 5.74) is 7.60. The minimum atomic E-state index is 0.159. The van der Waals surface area contributed by atoms with E-state index >= 15 is 0 Å². The first-order valence-electron chi connectivity index (χ1n) is 6.33. The molecule has 1 aromatic carbocycles. The first kappa shape index (κ1) is 12.5. The number of aromatic nitrogens is 1. The number of amidine groups is 1. The van der Waals surface area contributed by atoms with Gasteiger partial charge in [-0.1, -0.05) is 37.1 Å². The third-order valence-electron chi connectivity index (χ3n) is 3.20. The molecule has 0 spiro atoms. The monoisotopic (exact) mass is 245 g/mol. The number of unbranched alkanes of at least 4 members (excludes halogenated alkanes) is 2. The molecule has 1 heterocycles. The van der Waals surface area contributed by atoms with Gasteiger partial charge in [-0.15, -0.1) is 0 Å². The molecule has 0 aliphatic carbocycles. The van der Waals surface area contributed by atoms with Crippen molar-refractivity contribution in [2.75, 3.05) is 0 Å². The van der Waals surface area contributed by atoms with Crippen LogP contribution in [0.3, 0.4) is 0 Å². The molecule has 2 rings (SSSR count). The molecule has 0 fully saturated rings. The highest BCUT2D eigenvalue weighted by atomic mass is 16.4. The number of oxime groups is 1. The second kappa shape index (κ2) is 5.58. The lowest BCUT2D eigenvalue weighted by Crippen LogP contribution is -2.13. The van der Waals surface area contributed by atoms with Gasteiger partial charge in [0.25, 0.3) is 0 Å². The van der Waals surface area contributed by atoms with Crippen LogP contribution in [0.25, 0.3) is 10.9 Å². The average Bonchev–Trinajstić information content (AvgIpc) is 2.81. The highest BCUT2D eigenvalue weighted by Gasteiger charge is 2.08. The minimum Gasteiger partial charge on any atom is -0.409 e. The van der Waals surface area contributed by atoms with Crippen LogP contribution < -0.4 is 5.73 Å². The second-order valence-corrected chi connectivity index (χ2v) is 4.44. The van der Waals surface area contributed by atoms with Gasteiger partial charge in [0.1, 0.15) is 0 Å². The summed E-state index contributed by atoms with van der Waals surface area (Å²) in [4.78, 5) is 0. The fourth-order valence-corrected chi connectivity index (χ4v) is 2.23. The summed E-state index contributed by atoms with van der Waals surface area (Å²) in [6, 6.07) is 7.89. The lowest BCUT2D eigenvalue weighted by molar-refractivity contribution is 0.318. The topological polar surface area (TPSA) is 63.5 Å². The molecule has 0 bridgehead atoms. The number of hydrogen-bond donors (Lipinski definition) is 2. The molecule has 0 radical (unpaired) electrons. The van der Waals surface area contributed by atoms with Crippen molar-refractivity contribution in [2.45, 2.75) is 32.7 Å². The zero-order valence-corrected chi connectivity index (χ0v) is 10.6. The summed E-state index contributed by atoms with van der Waals surface area (Å²) in [6.45, 7) is 3.21. The summed E-state index contributed by atoms with van der Waals surface area (Å²) in [5.74, 6) is 0.159. The molecular formula is C14H19N3O. The zero-order valence-electron chi connectivity index (χ0n) is 10.6. The van der Waals surface area contributed by atoms with Crippen molar-refractivity contribution in [3.05, 3.63) is 36.0 Å². The fourth-order valence-electron chi connectivity index (χ4n) is 2.23. The van der Waals surface area contributed by atoms with Gasteiger partial charge in [-0.25, -0.2) is 0 Å². The molecule has 0 saturated carbocycles. The van der Waals surface area contributed by atoms with E-state index in [2.05, 4.69) is 28.9 Å². The predicted molar refractivity (Wildman–Crippen MR) is 74.0 cm³/mol. The van der Waals surface area contributed by atoms with Crippen molar-refractivity contribution in [2.24, 2.45) is 10.9 Å². The van der Waals surface area contributed by atoms with Crippen molar-refractivity contribution >= 4 is 16.7 Å². The number of nitrogens with two attached hydrogens (primary N) is 1. The highest BCUT2D eigenvalue weighted by Crippen LogP contribution is 2.20. The molecule has 4 nitrogen and oxygen atoms in total. The molecule has 1 aromatic heterocycles. The van der Waals surface area contributed by atoms with Crippen LogP contribution in [0, 0.1) is 0 Å². The van der Waals surface area contributed by atoms with Gasteiger partial charge in [0.15, 0.2) is 5.84 Å². The Morgan fingerprint density at radius 1 is 1.33 bits per heavy atom. The van der Waals surface area contributed by atoms with Crippen molar-refractivity contribution in [3.63, 3.8) is 0 Å². The van der Waals surface area contributed by atoms with Gasteiger partial charge >= 0.3 is 0 Å². The highest BCUT2D eigenvalue weighted by molar-refractivity contribution is 6.08. The van der Waals surface area contributed by atoms with Gasteiger partial charge in [0.05, 0.1) is 0 Å². The maximum absolute atomic E-state index is 8.78. The van der Waals surface area contributed by atoms with Gasteiger partial charge in [-0.2, -0.15) is 0 Å². The largest absolute Gasteiger partial charge is 0.409 e. The molecule has 0 saturated heterocycles. The van der Waals surface area contributed by atoms with Crippen LogP contribution in [-0.2, 0) is 6.54 Å². The van der Waals surface area contributed by atoms with E-state index in [0.717, 1.165) is 23.0 Å². The third kappa shape index (κ3) is 2.32. The molecule has 4 heteroatoms. The maximum atomic E-state index is 8.78. The maximum Gasteiger partial charge on any atom is 0.170 e.